The highest BCUT2D eigenvalue weighted by molar-refractivity contribution is 5.83. The molecule has 4 aromatic carbocycles. The zero-order valence-electron chi connectivity index (χ0n) is 31.5. The molecule has 2 amide bonds. The normalized spacial score (nSPS) is 22.9. The number of likely N-dealkylation sites (tertiary alicyclic amines) is 1. The molecule has 3 fully saturated rings. The van der Waals surface area contributed by atoms with Gasteiger partial charge in [-0.3, -0.25) is 0 Å². The van der Waals surface area contributed by atoms with Crippen molar-refractivity contribution in [2.24, 2.45) is 5.92 Å². The fraction of sp³-hybridized carbons (Fsp3) is 0.409. The number of aliphatic hydroxyl groups is 1. The van der Waals surface area contributed by atoms with Crippen molar-refractivity contribution in [2.75, 3.05) is 40.0 Å². The molecule has 11 heteroatoms. The lowest BCUT2D eigenvalue weighted by molar-refractivity contribution is -0.278. The molecule has 0 saturated carbocycles. The van der Waals surface area contributed by atoms with E-state index in [1.54, 1.807) is 0 Å². The first-order chi connectivity index (χ1) is 26.8. The van der Waals surface area contributed by atoms with Gasteiger partial charge < -0.3 is 44.3 Å². The minimum absolute atomic E-state index is 0.0124. The third kappa shape index (κ3) is 9.61. The molecule has 3 aliphatic rings. The Kier molecular flexibility index (Phi) is 12.6. The largest absolute Gasteiger partial charge is 0.467 e. The number of hydrogen-bond acceptors (Lipinski definition) is 9. The van der Waals surface area contributed by atoms with E-state index in [4.69, 9.17) is 23.7 Å². The van der Waals surface area contributed by atoms with Crippen LogP contribution in [0.5, 0.6) is 0 Å². The summed E-state index contributed by atoms with van der Waals surface area (Å²) in [5.74, 6) is -0.876. The van der Waals surface area contributed by atoms with Crippen LogP contribution in [0, 0.1) is 5.92 Å². The van der Waals surface area contributed by atoms with Crippen molar-refractivity contribution in [2.45, 2.75) is 69.7 Å². The number of hydrogen-bond donors (Lipinski definition) is 3. The number of piperidine rings is 1. The van der Waals surface area contributed by atoms with E-state index >= 15 is 0 Å². The SMILES string of the molecule is COC(=O)C(Cc1ccccc1)NC(=O)NCc1cccc(-c2cccc(C3OC(CN4CCC5(CC4)OCCO5)C(C)C(c4ccc(CO)cc4)O3)c2)c1. The molecule has 4 aromatic rings. The first-order valence-electron chi connectivity index (χ1n) is 19.2. The number of carbonyl (C=O) groups is 2. The average Bonchev–Trinajstić information content (AvgIpc) is 3.69. The molecule has 3 saturated heterocycles. The fourth-order valence-electron chi connectivity index (χ4n) is 7.75. The summed E-state index contributed by atoms with van der Waals surface area (Å²) in [4.78, 5) is 27.8. The van der Waals surface area contributed by atoms with E-state index in [1.165, 1.54) is 7.11 Å². The highest BCUT2D eigenvalue weighted by Crippen LogP contribution is 2.43. The smallest absolute Gasteiger partial charge is 0.328 e. The summed E-state index contributed by atoms with van der Waals surface area (Å²) < 4.78 is 30.5. The highest BCUT2D eigenvalue weighted by Gasteiger charge is 2.43. The lowest BCUT2D eigenvalue weighted by atomic mass is 9.89. The predicted octanol–water partition coefficient (Wildman–Crippen LogP) is 6.06. The van der Waals surface area contributed by atoms with E-state index in [0.717, 1.165) is 71.4 Å². The number of rotatable bonds is 12. The highest BCUT2D eigenvalue weighted by atomic mass is 16.7. The molecule has 55 heavy (non-hydrogen) atoms. The van der Waals surface area contributed by atoms with Crippen LogP contribution in [0.4, 0.5) is 4.79 Å². The van der Waals surface area contributed by atoms with Crippen LogP contribution in [0.3, 0.4) is 0 Å². The maximum atomic E-state index is 12.9. The van der Waals surface area contributed by atoms with Gasteiger partial charge in [0.05, 0.1) is 39.1 Å². The Balaban J connectivity index is 1.04. The van der Waals surface area contributed by atoms with Gasteiger partial charge in [0.25, 0.3) is 0 Å². The van der Waals surface area contributed by atoms with E-state index < -0.39 is 30.1 Å². The molecule has 3 N–H and O–H groups in total. The molecule has 0 bridgehead atoms. The molecule has 7 rings (SSSR count). The van der Waals surface area contributed by atoms with Gasteiger partial charge in [-0.05, 0) is 45.5 Å². The molecule has 11 nitrogen and oxygen atoms in total. The van der Waals surface area contributed by atoms with E-state index in [2.05, 4.69) is 34.6 Å². The second kappa shape index (κ2) is 17.9. The second-order valence-electron chi connectivity index (χ2n) is 14.6. The van der Waals surface area contributed by atoms with Crippen molar-refractivity contribution in [1.29, 1.82) is 0 Å². The second-order valence-corrected chi connectivity index (χ2v) is 14.6. The minimum Gasteiger partial charge on any atom is -0.467 e. The lowest BCUT2D eigenvalue weighted by Crippen LogP contribution is -2.50. The van der Waals surface area contributed by atoms with Gasteiger partial charge in [-0.1, -0.05) is 97.9 Å². The topological polar surface area (TPSA) is 128 Å². The summed E-state index contributed by atoms with van der Waals surface area (Å²) in [6.45, 7) is 6.26. The summed E-state index contributed by atoms with van der Waals surface area (Å²) in [5, 5.41) is 15.3. The Labute approximate surface area is 322 Å². The number of ether oxygens (including phenoxy) is 5. The number of methoxy groups -OCH3 is 1. The van der Waals surface area contributed by atoms with Crippen molar-refractivity contribution in [1.82, 2.24) is 15.5 Å². The number of nitrogens with one attached hydrogen (secondary N) is 2. The molecule has 5 atom stereocenters. The van der Waals surface area contributed by atoms with Crippen molar-refractivity contribution in [3.63, 3.8) is 0 Å². The van der Waals surface area contributed by atoms with Crippen LogP contribution in [0.1, 0.15) is 60.0 Å². The van der Waals surface area contributed by atoms with Crippen molar-refractivity contribution in [3.05, 3.63) is 131 Å². The summed E-state index contributed by atoms with van der Waals surface area (Å²) >= 11 is 0. The minimum atomic E-state index is -0.819. The number of amides is 2. The number of urea groups is 1. The molecule has 5 unspecified atom stereocenters. The number of nitrogens with zero attached hydrogens (tertiary/aromatic N) is 1. The third-order valence-corrected chi connectivity index (χ3v) is 10.9. The molecule has 1 spiro atoms. The van der Waals surface area contributed by atoms with Crippen LogP contribution in [0.25, 0.3) is 11.1 Å². The maximum absolute atomic E-state index is 12.9. The Bertz CT molecular complexity index is 1870. The van der Waals surface area contributed by atoms with E-state index in [-0.39, 0.29) is 31.3 Å². The zero-order chi connectivity index (χ0) is 38.2. The molecule has 3 heterocycles. The summed E-state index contributed by atoms with van der Waals surface area (Å²) in [6, 6.07) is 32.4. The first kappa shape index (κ1) is 38.6. The van der Waals surface area contributed by atoms with Crippen LogP contribution in [-0.2, 0) is 48.1 Å². The number of carbonyl (C=O) groups excluding carboxylic acids is 2. The van der Waals surface area contributed by atoms with Gasteiger partial charge in [-0.15, -0.1) is 0 Å². The third-order valence-electron chi connectivity index (χ3n) is 10.9. The van der Waals surface area contributed by atoms with Crippen molar-refractivity contribution >= 4 is 12.0 Å². The van der Waals surface area contributed by atoms with E-state index in [0.29, 0.717) is 19.6 Å². The monoisotopic (exact) mass is 749 g/mol. The molecular formula is C44H51N3O8. The van der Waals surface area contributed by atoms with Crippen LogP contribution in [0.15, 0.2) is 103 Å². The summed E-state index contributed by atoms with van der Waals surface area (Å²) in [6.07, 6.45) is 1.07. The average molecular weight is 750 g/mol. The standard InChI is InChI=1S/C44H51N3O8/c1-30-39(28-47-20-18-44(19-21-47)52-22-23-53-44)54-42(55-40(30)34-16-14-32(29-48)15-17-34)37-13-7-12-36(26-37)35-11-6-10-33(24-35)27-45-43(50)46-38(41(49)51-2)25-31-8-4-3-5-9-31/h3-17,24,26,30,38-40,42,48H,18-23,25,27-29H2,1-2H3,(H2,45,46,50). The Morgan fingerprint density at radius 3 is 2.24 bits per heavy atom. The zero-order valence-corrected chi connectivity index (χ0v) is 31.5. The Morgan fingerprint density at radius 1 is 0.836 bits per heavy atom. The summed E-state index contributed by atoms with van der Waals surface area (Å²) in [5.41, 5.74) is 6.60. The molecule has 3 aliphatic heterocycles. The van der Waals surface area contributed by atoms with Crippen LogP contribution in [0.2, 0.25) is 0 Å². The Hall–Kier alpha value is -4.62. The van der Waals surface area contributed by atoms with Crippen LogP contribution in [-0.4, -0.2) is 79.9 Å². The van der Waals surface area contributed by atoms with Crippen LogP contribution >= 0.6 is 0 Å². The van der Waals surface area contributed by atoms with Gasteiger partial charge in [0, 0.05) is 56.9 Å². The number of benzene rings is 4. The van der Waals surface area contributed by atoms with Gasteiger partial charge in [0.15, 0.2) is 12.1 Å². The van der Waals surface area contributed by atoms with Gasteiger partial charge in [0.2, 0.25) is 0 Å². The number of esters is 1. The first-order valence-corrected chi connectivity index (χ1v) is 19.2. The quantitative estimate of drug-likeness (QED) is 0.148. The lowest BCUT2D eigenvalue weighted by Gasteiger charge is -2.44. The van der Waals surface area contributed by atoms with E-state index in [1.807, 2.05) is 91.0 Å². The molecule has 0 aromatic heterocycles. The van der Waals surface area contributed by atoms with Crippen molar-refractivity contribution in [3.8, 4) is 11.1 Å². The Morgan fingerprint density at radius 2 is 1.53 bits per heavy atom. The van der Waals surface area contributed by atoms with Crippen molar-refractivity contribution < 1.29 is 38.4 Å². The number of aliphatic hydroxyl groups excluding tert-OH is 1. The van der Waals surface area contributed by atoms with Gasteiger partial charge in [-0.25, -0.2) is 9.59 Å². The molecule has 290 valence electrons. The van der Waals surface area contributed by atoms with Gasteiger partial charge >= 0.3 is 12.0 Å². The molecule has 0 radical (unpaired) electrons. The molecule has 0 aliphatic carbocycles. The van der Waals surface area contributed by atoms with Gasteiger partial charge in [-0.2, -0.15) is 0 Å². The predicted molar refractivity (Wildman–Crippen MR) is 206 cm³/mol. The maximum Gasteiger partial charge on any atom is 0.328 e. The summed E-state index contributed by atoms with van der Waals surface area (Å²) in [7, 11) is 1.31. The van der Waals surface area contributed by atoms with Crippen LogP contribution < -0.4 is 10.6 Å². The molecular weight excluding hydrogens is 698 g/mol. The van der Waals surface area contributed by atoms with E-state index in [9.17, 15) is 14.7 Å². The van der Waals surface area contributed by atoms with Gasteiger partial charge in [0.1, 0.15) is 6.04 Å². The fourth-order valence-corrected chi connectivity index (χ4v) is 7.75.